The lowest BCUT2D eigenvalue weighted by Gasteiger charge is -2.25. The Morgan fingerprint density at radius 3 is 3.10 bits per heavy atom. The second-order valence-corrected chi connectivity index (χ2v) is 3.72. The van der Waals surface area contributed by atoms with Crippen molar-refractivity contribution in [1.29, 1.82) is 0 Å². The molecule has 0 aliphatic carbocycles. The Morgan fingerprint density at radius 2 is 2.40 bits per heavy atom. The summed E-state index contributed by atoms with van der Waals surface area (Å²) in [6.45, 7) is 5.52. The van der Waals surface area contributed by atoms with Gasteiger partial charge in [-0.3, -0.25) is 0 Å². The molecule has 2 nitrogen and oxygen atoms in total. The van der Waals surface area contributed by atoms with E-state index in [0.717, 1.165) is 0 Å². The molecule has 1 radical (unpaired) electrons. The molecule has 0 aromatic heterocycles. The lowest BCUT2D eigenvalue weighted by Crippen LogP contribution is -2.36. The van der Waals surface area contributed by atoms with E-state index in [9.17, 15) is 0 Å². The van der Waals surface area contributed by atoms with E-state index in [1.54, 1.807) is 0 Å². The number of hydrogen-bond donors (Lipinski definition) is 0. The van der Waals surface area contributed by atoms with Crippen LogP contribution in [0.1, 0.15) is 26.7 Å². The van der Waals surface area contributed by atoms with Crippen LogP contribution in [0.5, 0.6) is 0 Å². The zero-order chi connectivity index (χ0) is 7.19. The fraction of sp³-hybridized carbons (Fsp3) is 1.00. The maximum absolute atomic E-state index is 5.51. The molecule has 55 valence electrons. The van der Waals surface area contributed by atoms with Crippen LogP contribution in [-0.2, 0) is 4.65 Å². The normalized spacial score (nSPS) is 37.6. The minimum absolute atomic E-state index is 0.0660. The first-order valence-corrected chi connectivity index (χ1v) is 3.97. The second-order valence-electron chi connectivity index (χ2n) is 3.72. The van der Waals surface area contributed by atoms with Crippen molar-refractivity contribution in [2.45, 2.75) is 38.3 Å². The molecule has 0 aromatic rings. The number of rotatable bonds is 0. The number of fused-ring (bicyclic) bond motifs is 1. The van der Waals surface area contributed by atoms with Crippen molar-refractivity contribution in [3.63, 3.8) is 0 Å². The quantitative estimate of drug-likeness (QED) is 0.459. The molecule has 0 unspecified atom stereocenters. The van der Waals surface area contributed by atoms with E-state index < -0.39 is 0 Å². The van der Waals surface area contributed by atoms with Gasteiger partial charge in [-0.1, -0.05) is 0 Å². The fourth-order valence-electron chi connectivity index (χ4n) is 1.94. The molecule has 2 fully saturated rings. The molecule has 3 heteroatoms. The Hall–Kier alpha value is -0.0151. The molecule has 0 spiro atoms. The first-order chi connectivity index (χ1) is 4.70. The van der Waals surface area contributed by atoms with Gasteiger partial charge in [0, 0.05) is 6.04 Å². The average molecular weight is 138 g/mol. The minimum Gasteiger partial charge on any atom is -0.417 e. The van der Waals surface area contributed by atoms with E-state index in [2.05, 4.69) is 18.7 Å². The molecule has 2 heterocycles. The molecular weight excluding hydrogens is 125 g/mol. The van der Waals surface area contributed by atoms with Crippen molar-refractivity contribution in [2.75, 3.05) is 6.54 Å². The molecule has 0 saturated carbocycles. The summed E-state index contributed by atoms with van der Waals surface area (Å²) in [5.74, 6) is 0. The van der Waals surface area contributed by atoms with E-state index in [1.807, 2.05) is 7.62 Å². The largest absolute Gasteiger partial charge is 0.417 e. The Labute approximate surface area is 62.8 Å². The first kappa shape index (κ1) is 6.68. The second kappa shape index (κ2) is 1.99. The summed E-state index contributed by atoms with van der Waals surface area (Å²) in [6, 6.07) is 0.646. The van der Waals surface area contributed by atoms with Crippen molar-refractivity contribution < 1.29 is 4.65 Å². The molecule has 2 aliphatic rings. The van der Waals surface area contributed by atoms with Crippen molar-refractivity contribution in [3.8, 4) is 0 Å². The van der Waals surface area contributed by atoms with Gasteiger partial charge in [0.25, 0.3) is 0 Å². The molecular formula is C7H13BNO. The lowest BCUT2D eigenvalue weighted by atomic mass is 9.98. The van der Waals surface area contributed by atoms with Crippen LogP contribution in [0.25, 0.3) is 0 Å². The molecule has 10 heavy (non-hydrogen) atoms. The highest BCUT2D eigenvalue weighted by Crippen LogP contribution is 2.33. The van der Waals surface area contributed by atoms with Crippen LogP contribution in [0.15, 0.2) is 0 Å². The third kappa shape index (κ3) is 0.806. The lowest BCUT2D eigenvalue weighted by molar-refractivity contribution is 0.108. The minimum atomic E-state index is 0.0660. The van der Waals surface area contributed by atoms with Crippen molar-refractivity contribution in [3.05, 3.63) is 0 Å². The third-order valence-corrected chi connectivity index (χ3v) is 2.59. The Kier molecular flexibility index (Phi) is 1.33. The van der Waals surface area contributed by atoms with Crippen LogP contribution in [0.4, 0.5) is 0 Å². The smallest absolute Gasteiger partial charge is 0.399 e. The van der Waals surface area contributed by atoms with Gasteiger partial charge in [0.2, 0.25) is 0 Å². The fourth-order valence-corrected chi connectivity index (χ4v) is 1.94. The first-order valence-electron chi connectivity index (χ1n) is 3.97. The van der Waals surface area contributed by atoms with Crippen molar-refractivity contribution in [1.82, 2.24) is 4.81 Å². The molecule has 2 saturated heterocycles. The Balaban J connectivity index is 2.16. The van der Waals surface area contributed by atoms with E-state index in [-0.39, 0.29) is 5.60 Å². The zero-order valence-electron chi connectivity index (χ0n) is 6.63. The van der Waals surface area contributed by atoms with Gasteiger partial charge in [-0.25, -0.2) is 0 Å². The molecule has 1 atom stereocenters. The standard InChI is InChI=1S/C7H13BNO/c1-7(2)6-4-3-5-9(6)8-10-7/h6H,3-5H2,1-2H3/t6-/m0/s1. The predicted octanol–water partition coefficient (Wildman–Crippen LogP) is 0.794. The van der Waals surface area contributed by atoms with E-state index in [4.69, 9.17) is 4.65 Å². The summed E-state index contributed by atoms with van der Waals surface area (Å²) in [6.07, 6.45) is 2.62. The van der Waals surface area contributed by atoms with Crippen LogP contribution in [0.3, 0.4) is 0 Å². The maximum atomic E-state index is 5.51. The molecule has 0 aromatic carbocycles. The molecule has 2 aliphatic heterocycles. The Morgan fingerprint density at radius 1 is 1.60 bits per heavy atom. The molecule has 0 bridgehead atoms. The third-order valence-electron chi connectivity index (χ3n) is 2.59. The summed E-state index contributed by atoms with van der Waals surface area (Å²) < 4.78 is 5.51. The van der Waals surface area contributed by atoms with E-state index in [1.165, 1.54) is 19.4 Å². The van der Waals surface area contributed by atoms with Crippen LogP contribution < -0.4 is 0 Å². The van der Waals surface area contributed by atoms with Gasteiger partial charge in [0.1, 0.15) is 0 Å². The highest BCUT2D eigenvalue weighted by atomic mass is 16.5. The molecule has 0 N–H and O–H groups in total. The highest BCUT2D eigenvalue weighted by molar-refractivity contribution is 6.25. The highest BCUT2D eigenvalue weighted by Gasteiger charge is 2.44. The van der Waals surface area contributed by atoms with Gasteiger partial charge in [0.15, 0.2) is 0 Å². The number of nitrogens with zero attached hydrogens (tertiary/aromatic N) is 1. The zero-order valence-corrected chi connectivity index (χ0v) is 6.63. The maximum Gasteiger partial charge on any atom is 0.399 e. The summed E-state index contributed by atoms with van der Waals surface area (Å²) in [5.41, 5.74) is 0.0660. The van der Waals surface area contributed by atoms with Crippen molar-refractivity contribution >= 4 is 7.62 Å². The van der Waals surface area contributed by atoms with Gasteiger partial charge in [-0.2, -0.15) is 0 Å². The van der Waals surface area contributed by atoms with Crippen LogP contribution >= 0.6 is 0 Å². The summed E-state index contributed by atoms with van der Waals surface area (Å²) in [4.78, 5) is 2.32. The van der Waals surface area contributed by atoms with Gasteiger partial charge < -0.3 is 9.47 Å². The SMILES string of the molecule is CC1(C)O[B]N2CCC[C@H]21. The van der Waals surface area contributed by atoms with Gasteiger partial charge >= 0.3 is 7.62 Å². The van der Waals surface area contributed by atoms with Gasteiger partial charge in [-0.05, 0) is 33.2 Å². The van der Waals surface area contributed by atoms with Crippen LogP contribution in [-0.4, -0.2) is 30.6 Å². The predicted molar refractivity (Wildman–Crippen MR) is 40.6 cm³/mol. The average Bonchev–Trinajstić information content (AvgIpc) is 2.36. The van der Waals surface area contributed by atoms with Crippen LogP contribution in [0, 0.1) is 0 Å². The summed E-state index contributed by atoms with van der Waals surface area (Å²) in [5, 5.41) is 0. The van der Waals surface area contributed by atoms with Gasteiger partial charge in [-0.15, -0.1) is 0 Å². The topological polar surface area (TPSA) is 12.5 Å². The van der Waals surface area contributed by atoms with E-state index in [0.29, 0.717) is 6.04 Å². The van der Waals surface area contributed by atoms with Crippen molar-refractivity contribution in [2.24, 2.45) is 0 Å². The van der Waals surface area contributed by atoms with Gasteiger partial charge in [0.05, 0.1) is 5.60 Å². The molecule has 0 amide bonds. The monoisotopic (exact) mass is 138 g/mol. The summed E-state index contributed by atoms with van der Waals surface area (Å²) >= 11 is 0. The van der Waals surface area contributed by atoms with Crippen LogP contribution in [0.2, 0.25) is 0 Å². The Bertz CT molecular complexity index is 149. The number of hydrogen-bond acceptors (Lipinski definition) is 2. The summed E-state index contributed by atoms with van der Waals surface area (Å²) in [7, 11) is 1.90. The molecule has 2 rings (SSSR count). The van der Waals surface area contributed by atoms with E-state index >= 15 is 0 Å².